The van der Waals surface area contributed by atoms with E-state index in [0.29, 0.717) is 0 Å². The van der Waals surface area contributed by atoms with E-state index in [9.17, 15) is 18.0 Å². The smallest absolute Gasteiger partial charge is 0.326 e. The van der Waals surface area contributed by atoms with Gasteiger partial charge in [0, 0.05) is 18.7 Å². The minimum atomic E-state index is -4.54. The van der Waals surface area contributed by atoms with Crippen molar-refractivity contribution in [3.05, 3.63) is 34.2 Å². The lowest BCUT2D eigenvalue weighted by Gasteiger charge is -2.28. The molecule has 112 valence electrons. The summed E-state index contributed by atoms with van der Waals surface area (Å²) >= 11 is 0. The molecule has 2 N–H and O–H groups in total. The van der Waals surface area contributed by atoms with E-state index in [4.69, 9.17) is 5.73 Å². The fraction of sp³-hybridized carbons (Fsp3) is 0.643. The molecule has 1 saturated carbocycles. The van der Waals surface area contributed by atoms with Crippen LogP contribution in [0.4, 0.5) is 13.2 Å². The Bertz CT molecular complexity index is 504. The predicted molar refractivity (Wildman–Crippen MR) is 70.3 cm³/mol. The van der Waals surface area contributed by atoms with E-state index in [1.807, 2.05) is 0 Å². The van der Waals surface area contributed by atoms with E-state index < -0.39 is 23.5 Å². The first-order valence-electron chi connectivity index (χ1n) is 6.92. The summed E-state index contributed by atoms with van der Waals surface area (Å²) < 4.78 is 39.5. The van der Waals surface area contributed by atoms with Crippen LogP contribution in [0, 0.1) is 5.92 Å². The molecular formula is C14H19F3N2O. The molecule has 1 aromatic rings. The number of alkyl halides is 3. The highest BCUT2D eigenvalue weighted by Crippen LogP contribution is 2.30. The zero-order chi connectivity index (χ0) is 14.8. The maximum atomic E-state index is 12.9. The van der Waals surface area contributed by atoms with Gasteiger partial charge in [0.25, 0.3) is 5.56 Å². The molecule has 0 saturated heterocycles. The van der Waals surface area contributed by atoms with Crippen LogP contribution in [0.5, 0.6) is 0 Å². The third kappa shape index (κ3) is 3.42. The van der Waals surface area contributed by atoms with Crippen molar-refractivity contribution in [2.45, 2.75) is 50.9 Å². The Labute approximate surface area is 115 Å². The number of aromatic nitrogens is 1. The summed E-state index contributed by atoms with van der Waals surface area (Å²) in [5.41, 5.74) is 4.47. The number of rotatable bonds is 3. The van der Waals surface area contributed by atoms with Crippen LogP contribution >= 0.6 is 0 Å². The lowest BCUT2D eigenvalue weighted by Crippen LogP contribution is -2.40. The largest absolute Gasteiger partial charge is 0.431 e. The van der Waals surface area contributed by atoms with Crippen LogP contribution in [-0.2, 0) is 12.7 Å². The average molecular weight is 288 g/mol. The van der Waals surface area contributed by atoms with Crippen molar-refractivity contribution >= 4 is 0 Å². The highest BCUT2D eigenvalue weighted by atomic mass is 19.4. The lowest BCUT2D eigenvalue weighted by molar-refractivity contribution is -0.144. The highest BCUT2D eigenvalue weighted by molar-refractivity contribution is 5.10. The second kappa shape index (κ2) is 5.99. The first-order valence-corrected chi connectivity index (χ1v) is 6.92. The summed E-state index contributed by atoms with van der Waals surface area (Å²) in [7, 11) is 0. The molecular weight excluding hydrogens is 269 g/mol. The van der Waals surface area contributed by atoms with Crippen LogP contribution in [0.15, 0.2) is 23.0 Å². The van der Waals surface area contributed by atoms with E-state index in [0.717, 1.165) is 54.9 Å². The number of hydrogen-bond donors (Lipinski definition) is 1. The van der Waals surface area contributed by atoms with Crippen LogP contribution in [0.3, 0.4) is 0 Å². The van der Waals surface area contributed by atoms with E-state index >= 15 is 0 Å². The summed E-state index contributed by atoms with van der Waals surface area (Å²) in [6.45, 7) is -0.0703. The highest BCUT2D eigenvalue weighted by Gasteiger charge is 2.35. The minimum absolute atomic E-state index is 0.0703. The molecule has 0 amide bonds. The maximum Gasteiger partial charge on any atom is 0.431 e. The zero-order valence-electron chi connectivity index (χ0n) is 11.2. The van der Waals surface area contributed by atoms with E-state index in [2.05, 4.69) is 0 Å². The Hall–Kier alpha value is -1.30. The van der Waals surface area contributed by atoms with Crippen LogP contribution in [0.25, 0.3) is 0 Å². The number of nitrogens with zero attached hydrogens (tertiary/aromatic N) is 1. The monoisotopic (exact) mass is 288 g/mol. The molecule has 1 unspecified atom stereocenters. The van der Waals surface area contributed by atoms with Crippen molar-refractivity contribution in [1.29, 1.82) is 0 Å². The first kappa shape index (κ1) is 15.1. The van der Waals surface area contributed by atoms with E-state index in [-0.39, 0.29) is 12.5 Å². The van der Waals surface area contributed by atoms with Crippen LogP contribution in [0.1, 0.15) is 37.8 Å². The number of pyridine rings is 1. The van der Waals surface area contributed by atoms with E-state index in [1.165, 1.54) is 0 Å². The summed E-state index contributed by atoms with van der Waals surface area (Å²) in [4.78, 5) is 11.7. The van der Waals surface area contributed by atoms with Crippen LogP contribution in [-0.4, -0.2) is 10.6 Å². The van der Waals surface area contributed by atoms with Gasteiger partial charge in [-0.3, -0.25) is 4.79 Å². The molecule has 1 heterocycles. The van der Waals surface area contributed by atoms with Gasteiger partial charge in [-0.25, -0.2) is 0 Å². The van der Waals surface area contributed by atoms with Gasteiger partial charge in [0.1, 0.15) is 5.69 Å². The second-order valence-electron chi connectivity index (χ2n) is 5.42. The predicted octanol–water partition coefficient (Wildman–Crippen LogP) is 2.77. The SMILES string of the molecule is NC(Cn1c(C(F)(F)F)cccc1=O)C1CCCCC1. The van der Waals surface area contributed by atoms with E-state index in [1.54, 1.807) is 0 Å². The third-order valence-corrected chi connectivity index (χ3v) is 3.99. The van der Waals surface area contributed by atoms with Gasteiger partial charge in [-0.15, -0.1) is 0 Å². The Morgan fingerprint density at radius 3 is 2.50 bits per heavy atom. The van der Waals surface area contributed by atoms with Gasteiger partial charge in [0.05, 0.1) is 0 Å². The average Bonchev–Trinajstić information content (AvgIpc) is 2.40. The van der Waals surface area contributed by atoms with Gasteiger partial charge in [-0.05, 0) is 24.8 Å². The number of halogens is 3. The van der Waals surface area contributed by atoms with Crippen molar-refractivity contribution in [3.63, 3.8) is 0 Å². The Balaban J connectivity index is 2.22. The Morgan fingerprint density at radius 1 is 1.25 bits per heavy atom. The van der Waals surface area contributed by atoms with Gasteiger partial charge in [-0.1, -0.05) is 25.3 Å². The molecule has 1 aromatic heterocycles. The van der Waals surface area contributed by atoms with Crippen molar-refractivity contribution in [2.24, 2.45) is 11.7 Å². The summed E-state index contributed by atoms with van der Waals surface area (Å²) in [6.07, 6.45) is 0.617. The lowest BCUT2D eigenvalue weighted by atomic mass is 9.84. The van der Waals surface area contributed by atoms with Crippen molar-refractivity contribution in [1.82, 2.24) is 4.57 Å². The standard InChI is InChI=1S/C14H19F3N2O/c15-14(16,17)12-7-4-8-13(20)19(12)9-11(18)10-5-2-1-3-6-10/h4,7-8,10-11H,1-3,5-6,9,18H2. The Kier molecular flexibility index (Phi) is 4.52. The summed E-state index contributed by atoms with van der Waals surface area (Å²) in [5.74, 6) is 0.205. The van der Waals surface area contributed by atoms with Gasteiger partial charge in [0.15, 0.2) is 0 Å². The molecule has 0 aromatic carbocycles. The quantitative estimate of drug-likeness (QED) is 0.929. The molecule has 0 bridgehead atoms. The van der Waals surface area contributed by atoms with Crippen LogP contribution < -0.4 is 11.3 Å². The number of hydrogen-bond acceptors (Lipinski definition) is 2. The maximum absolute atomic E-state index is 12.9. The molecule has 1 aliphatic carbocycles. The van der Waals surface area contributed by atoms with Crippen molar-refractivity contribution < 1.29 is 13.2 Å². The fourth-order valence-corrected chi connectivity index (χ4v) is 2.88. The minimum Gasteiger partial charge on any atom is -0.326 e. The molecule has 3 nitrogen and oxygen atoms in total. The topological polar surface area (TPSA) is 48.0 Å². The normalized spacial score (nSPS) is 19.0. The summed E-state index contributed by atoms with van der Waals surface area (Å²) in [5, 5.41) is 0. The first-order chi connectivity index (χ1) is 9.39. The molecule has 2 rings (SSSR count). The third-order valence-electron chi connectivity index (χ3n) is 3.99. The zero-order valence-corrected chi connectivity index (χ0v) is 11.2. The van der Waals surface area contributed by atoms with Gasteiger partial charge in [-0.2, -0.15) is 13.2 Å². The summed E-state index contributed by atoms with van der Waals surface area (Å²) in [6, 6.07) is 2.79. The molecule has 1 fully saturated rings. The fourth-order valence-electron chi connectivity index (χ4n) is 2.88. The molecule has 0 spiro atoms. The molecule has 0 aliphatic heterocycles. The molecule has 20 heavy (non-hydrogen) atoms. The Morgan fingerprint density at radius 2 is 1.90 bits per heavy atom. The molecule has 0 radical (unpaired) electrons. The van der Waals surface area contributed by atoms with Crippen molar-refractivity contribution in [2.75, 3.05) is 0 Å². The van der Waals surface area contributed by atoms with Gasteiger partial charge in [0.2, 0.25) is 0 Å². The number of nitrogens with two attached hydrogens (primary N) is 1. The van der Waals surface area contributed by atoms with Crippen LogP contribution in [0.2, 0.25) is 0 Å². The van der Waals surface area contributed by atoms with Crippen molar-refractivity contribution in [3.8, 4) is 0 Å². The van der Waals surface area contributed by atoms with Gasteiger partial charge >= 0.3 is 6.18 Å². The molecule has 1 atom stereocenters. The molecule has 6 heteroatoms. The molecule has 1 aliphatic rings. The van der Waals surface area contributed by atoms with Gasteiger partial charge < -0.3 is 10.3 Å². The second-order valence-corrected chi connectivity index (χ2v) is 5.42.